The largest absolute Gasteiger partial charge is 0.343 e. The van der Waals surface area contributed by atoms with E-state index in [9.17, 15) is 13.7 Å². The summed E-state index contributed by atoms with van der Waals surface area (Å²) in [6.07, 6.45) is 7.75. The van der Waals surface area contributed by atoms with Crippen LogP contribution in [0.25, 0.3) is 22.5 Å². The van der Waals surface area contributed by atoms with Gasteiger partial charge in [0.1, 0.15) is 4.90 Å². The molecule has 192 valence electrons. The Morgan fingerprint density at radius 2 is 1.83 bits per heavy atom. The molecule has 8 heteroatoms. The van der Waals surface area contributed by atoms with E-state index in [4.69, 9.17) is 5.14 Å². The summed E-state index contributed by atoms with van der Waals surface area (Å²) in [6, 6.07) is 12.4. The average Bonchev–Trinajstić information content (AvgIpc) is 3.45. The van der Waals surface area contributed by atoms with Gasteiger partial charge in [0, 0.05) is 35.7 Å². The van der Waals surface area contributed by atoms with Gasteiger partial charge >= 0.3 is 0 Å². The first kappa shape index (κ1) is 26.2. The van der Waals surface area contributed by atoms with Gasteiger partial charge in [0.15, 0.2) is 0 Å². The van der Waals surface area contributed by atoms with Gasteiger partial charge in [-0.25, -0.2) is 13.6 Å². The maximum absolute atomic E-state index is 12.4. The molecule has 3 aromatic rings. The van der Waals surface area contributed by atoms with Crippen molar-refractivity contribution in [3.05, 3.63) is 47.8 Å². The standard InChI is InChI=1S/C28H37N5O2S/c1-19(2)33-25(13-14-31-33)23-12-11-22(15-24(23)28(4,5)18-29)26-16-27(36(30,34)35)20(3)32(26)17-21-9-7-6-8-10-21/h11-16,19,21H,6-10,17H2,1-5H3,(H2,30,34,35). The van der Waals surface area contributed by atoms with Crippen LogP contribution in [-0.2, 0) is 22.0 Å². The van der Waals surface area contributed by atoms with E-state index in [1.165, 1.54) is 19.3 Å². The summed E-state index contributed by atoms with van der Waals surface area (Å²) in [7, 11) is -3.87. The molecule has 1 aliphatic carbocycles. The quantitative estimate of drug-likeness (QED) is 0.427. The fourth-order valence-electron chi connectivity index (χ4n) is 5.45. The summed E-state index contributed by atoms with van der Waals surface area (Å²) in [5.41, 5.74) is 4.38. The van der Waals surface area contributed by atoms with Gasteiger partial charge in [0.25, 0.3) is 0 Å². The van der Waals surface area contributed by atoms with Gasteiger partial charge in [0.05, 0.1) is 17.2 Å². The van der Waals surface area contributed by atoms with Gasteiger partial charge in [-0.15, -0.1) is 0 Å². The third-order valence-electron chi connectivity index (χ3n) is 7.50. The Morgan fingerprint density at radius 1 is 1.14 bits per heavy atom. The summed E-state index contributed by atoms with van der Waals surface area (Å²) in [5, 5.41) is 20.2. The van der Waals surface area contributed by atoms with E-state index in [-0.39, 0.29) is 10.9 Å². The lowest BCUT2D eigenvalue weighted by molar-refractivity contribution is 0.318. The molecule has 4 rings (SSSR count). The van der Waals surface area contributed by atoms with Crippen LogP contribution in [0.2, 0.25) is 0 Å². The molecule has 0 spiro atoms. The highest BCUT2D eigenvalue weighted by Crippen LogP contribution is 2.39. The molecule has 0 atom stereocenters. The van der Waals surface area contributed by atoms with Crippen LogP contribution in [0.5, 0.6) is 0 Å². The van der Waals surface area contributed by atoms with Crippen molar-refractivity contribution >= 4 is 10.0 Å². The zero-order valence-electron chi connectivity index (χ0n) is 22.0. The Kier molecular flexibility index (Phi) is 7.18. The Labute approximate surface area is 215 Å². The maximum atomic E-state index is 12.4. The number of benzene rings is 1. The second-order valence-corrected chi connectivity index (χ2v) is 12.4. The molecule has 2 heterocycles. The third kappa shape index (κ3) is 5.00. The highest BCUT2D eigenvalue weighted by atomic mass is 32.2. The van der Waals surface area contributed by atoms with E-state index >= 15 is 0 Å². The SMILES string of the molecule is Cc1c(S(N)(=O)=O)cc(-c2ccc(-c3ccnn3C(C)C)c(C(C)(C)C#N)c2)n1CC1CCCCC1. The van der Waals surface area contributed by atoms with Crippen LogP contribution in [-0.4, -0.2) is 22.8 Å². The summed E-state index contributed by atoms with van der Waals surface area (Å²) < 4.78 is 29.0. The minimum absolute atomic E-state index is 0.163. The highest BCUT2D eigenvalue weighted by Gasteiger charge is 2.28. The number of sulfonamides is 1. The van der Waals surface area contributed by atoms with Gasteiger partial charge in [-0.3, -0.25) is 4.68 Å². The first-order valence-electron chi connectivity index (χ1n) is 12.8. The van der Waals surface area contributed by atoms with Crippen LogP contribution < -0.4 is 5.14 Å². The third-order valence-corrected chi connectivity index (χ3v) is 8.52. The monoisotopic (exact) mass is 507 g/mol. The molecule has 0 radical (unpaired) electrons. The first-order valence-corrected chi connectivity index (χ1v) is 14.3. The molecule has 0 amide bonds. The maximum Gasteiger partial charge on any atom is 0.239 e. The lowest BCUT2D eigenvalue weighted by Crippen LogP contribution is -2.18. The van der Waals surface area contributed by atoms with Gasteiger partial charge in [-0.2, -0.15) is 10.4 Å². The molecular formula is C28H37N5O2S. The number of hydrogen-bond donors (Lipinski definition) is 1. The number of nitriles is 1. The predicted octanol–water partition coefficient (Wildman–Crippen LogP) is 5.94. The smallest absolute Gasteiger partial charge is 0.239 e. The molecule has 1 fully saturated rings. The summed E-state index contributed by atoms with van der Waals surface area (Å²) >= 11 is 0. The summed E-state index contributed by atoms with van der Waals surface area (Å²) in [6.45, 7) is 10.6. The first-order chi connectivity index (χ1) is 16.9. The van der Waals surface area contributed by atoms with Crippen molar-refractivity contribution in [1.82, 2.24) is 14.3 Å². The summed E-state index contributed by atoms with van der Waals surface area (Å²) in [5.74, 6) is 0.506. The van der Waals surface area contributed by atoms with Crippen LogP contribution in [0.3, 0.4) is 0 Å². The van der Waals surface area contributed by atoms with Gasteiger partial charge in [0.2, 0.25) is 10.0 Å². The topological polar surface area (TPSA) is 107 Å². The van der Waals surface area contributed by atoms with Crippen LogP contribution in [0.1, 0.15) is 77.1 Å². The second kappa shape index (κ2) is 9.87. The number of hydrogen-bond acceptors (Lipinski definition) is 4. The molecule has 0 bridgehead atoms. The molecule has 0 saturated heterocycles. The number of nitrogens with zero attached hydrogens (tertiary/aromatic N) is 4. The minimum Gasteiger partial charge on any atom is -0.343 e. The van der Waals surface area contributed by atoms with E-state index in [1.54, 1.807) is 12.3 Å². The van der Waals surface area contributed by atoms with E-state index in [0.717, 1.165) is 47.5 Å². The predicted molar refractivity (Wildman–Crippen MR) is 143 cm³/mol. The molecule has 2 aromatic heterocycles. The lowest BCUT2D eigenvalue weighted by Gasteiger charge is -2.25. The fourth-order valence-corrected chi connectivity index (χ4v) is 6.25. The zero-order chi connectivity index (χ0) is 26.3. The summed E-state index contributed by atoms with van der Waals surface area (Å²) in [4.78, 5) is 0.163. The molecule has 1 saturated carbocycles. The van der Waals surface area contributed by atoms with Crippen molar-refractivity contribution in [2.24, 2.45) is 11.1 Å². The van der Waals surface area contributed by atoms with E-state index < -0.39 is 15.4 Å². The molecular weight excluding hydrogens is 470 g/mol. The van der Waals surface area contributed by atoms with Gasteiger partial charge < -0.3 is 4.57 Å². The Hall–Kier alpha value is -2.89. The minimum atomic E-state index is -3.87. The van der Waals surface area contributed by atoms with E-state index in [1.807, 2.05) is 49.7 Å². The van der Waals surface area contributed by atoms with E-state index in [0.29, 0.717) is 11.6 Å². The van der Waals surface area contributed by atoms with Crippen molar-refractivity contribution in [3.8, 4) is 28.6 Å². The lowest BCUT2D eigenvalue weighted by atomic mass is 9.81. The molecule has 2 N–H and O–H groups in total. The molecule has 1 aromatic carbocycles. The molecule has 36 heavy (non-hydrogen) atoms. The van der Waals surface area contributed by atoms with Crippen molar-refractivity contribution < 1.29 is 8.42 Å². The molecule has 7 nitrogen and oxygen atoms in total. The second-order valence-electron chi connectivity index (χ2n) is 10.9. The Balaban J connectivity index is 1.91. The Morgan fingerprint density at radius 3 is 2.44 bits per heavy atom. The van der Waals surface area contributed by atoms with Gasteiger partial charge in [-0.1, -0.05) is 31.4 Å². The van der Waals surface area contributed by atoms with Gasteiger partial charge in [-0.05, 0) is 82.7 Å². The molecule has 0 unspecified atom stereocenters. The van der Waals surface area contributed by atoms with Crippen LogP contribution in [0.4, 0.5) is 0 Å². The van der Waals surface area contributed by atoms with Crippen molar-refractivity contribution in [1.29, 1.82) is 5.26 Å². The van der Waals surface area contributed by atoms with Crippen molar-refractivity contribution in [2.45, 2.75) is 89.6 Å². The highest BCUT2D eigenvalue weighted by molar-refractivity contribution is 7.89. The average molecular weight is 508 g/mol. The number of primary sulfonamides is 1. The van der Waals surface area contributed by atoms with Crippen LogP contribution in [0.15, 0.2) is 41.4 Å². The number of rotatable bonds is 7. The molecule has 0 aliphatic heterocycles. The zero-order valence-corrected chi connectivity index (χ0v) is 22.8. The Bertz CT molecular complexity index is 1400. The fraction of sp³-hybridized carbons (Fsp3) is 0.500. The normalized spacial score (nSPS) is 15.4. The van der Waals surface area contributed by atoms with Crippen molar-refractivity contribution in [3.63, 3.8) is 0 Å². The number of nitrogens with two attached hydrogens (primary N) is 1. The number of aromatic nitrogens is 3. The van der Waals surface area contributed by atoms with E-state index in [2.05, 4.69) is 29.6 Å². The van der Waals surface area contributed by atoms with Crippen molar-refractivity contribution in [2.75, 3.05) is 0 Å². The van der Waals surface area contributed by atoms with Crippen LogP contribution in [0, 0.1) is 24.2 Å². The molecule has 1 aliphatic rings. The van der Waals surface area contributed by atoms with Crippen LogP contribution >= 0.6 is 0 Å².